The minimum absolute atomic E-state index is 0.121. The van der Waals surface area contributed by atoms with E-state index in [1.807, 2.05) is 49.0 Å². The molecule has 0 radical (unpaired) electrons. The van der Waals surface area contributed by atoms with Gasteiger partial charge in [-0.15, -0.1) is 0 Å². The fraction of sp³-hybridized carbons (Fsp3) is 0.281. The molecule has 1 fully saturated rings. The van der Waals surface area contributed by atoms with E-state index in [0.29, 0.717) is 17.0 Å². The van der Waals surface area contributed by atoms with Crippen molar-refractivity contribution in [3.8, 4) is 17.2 Å². The number of carbonyl (C=O) groups excluding carboxylic acids is 1. The highest BCUT2D eigenvalue weighted by Gasteiger charge is 2.18. The molecule has 8 heteroatoms. The van der Waals surface area contributed by atoms with Gasteiger partial charge in [0, 0.05) is 54.0 Å². The van der Waals surface area contributed by atoms with Gasteiger partial charge in [0.15, 0.2) is 0 Å². The molecular formula is C32H34F2N4O2. The predicted octanol–water partition coefficient (Wildman–Crippen LogP) is 7.00. The number of aryl methyl sites for hydroxylation is 2. The van der Waals surface area contributed by atoms with Gasteiger partial charge in [0.25, 0.3) is 12.3 Å². The van der Waals surface area contributed by atoms with Crippen LogP contribution >= 0.6 is 0 Å². The van der Waals surface area contributed by atoms with Gasteiger partial charge in [-0.1, -0.05) is 18.2 Å². The molecule has 1 saturated heterocycles. The molecule has 0 aliphatic carbocycles. The number of anilines is 1. The number of hydrogen-bond acceptors (Lipinski definition) is 4. The smallest absolute Gasteiger partial charge is 0.263 e. The number of likely N-dealkylation sites (tertiary alicyclic amines) is 1. The van der Waals surface area contributed by atoms with E-state index < -0.39 is 6.43 Å². The number of nitrogens with one attached hydrogen (secondary N) is 1. The number of benzene rings is 3. The lowest BCUT2D eigenvalue weighted by Gasteiger charge is -2.30. The van der Waals surface area contributed by atoms with E-state index in [2.05, 4.69) is 16.3 Å². The number of ether oxygens (including phenoxy) is 1. The Bertz CT molecular complexity index is 1500. The molecule has 1 aliphatic rings. The van der Waals surface area contributed by atoms with Crippen molar-refractivity contribution in [2.24, 2.45) is 5.73 Å². The molecule has 1 aromatic heterocycles. The van der Waals surface area contributed by atoms with Crippen LogP contribution < -0.4 is 15.8 Å². The van der Waals surface area contributed by atoms with Crippen LogP contribution in [0.15, 0.2) is 79.1 Å². The SMILES string of the molecule is Cc1ccn(-c2cc(CN3CCC[C@H](N)C3)cc(NC(=O)c3ccc(C)c(Oc4cccc(C(F)F)c4)c3)c2)c1. The Morgan fingerprint density at radius 2 is 1.95 bits per heavy atom. The number of rotatable bonds is 8. The third-order valence-corrected chi connectivity index (χ3v) is 7.11. The summed E-state index contributed by atoms with van der Waals surface area (Å²) >= 11 is 0. The molecule has 4 aromatic rings. The van der Waals surface area contributed by atoms with Crippen LogP contribution in [0.25, 0.3) is 5.69 Å². The molecule has 0 unspecified atom stereocenters. The Labute approximate surface area is 233 Å². The minimum Gasteiger partial charge on any atom is -0.457 e. The molecule has 6 nitrogen and oxygen atoms in total. The number of alkyl halides is 2. The first-order chi connectivity index (χ1) is 19.2. The summed E-state index contributed by atoms with van der Waals surface area (Å²) in [6.45, 7) is 6.47. The lowest BCUT2D eigenvalue weighted by Crippen LogP contribution is -2.42. The van der Waals surface area contributed by atoms with Crippen molar-refractivity contribution in [2.75, 3.05) is 18.4 Å². The van der Waals surface area contributed by atoms with Gasteiger partial charge in [-0.05, 0) is 98.5 Å². The van der Waals surface area contributed by atoms with Gasteiger partial charge in [0.2, 0.25) is 0 Å². The highest BCUT2D eigenvalue weighted by atomic mass is 19.3. The van der Waals surface area contributed by atoms with Crippen molar-refractivity contribution >= 4 is 11.6 Å². The molecule has 1 atom stereocenters. The van der Waals surface area contributed by atoms with Crippen molar-refractivity contribution in [2.45, 2.75) is 45.7 Å². The number of aromatic nitrogens is 1. The van der Waals surface area contributed by atoms with E-state index >= 15 is 0 Å². The summed E-state index contributed by atoms with van der Waals surface area (Å²) in [4.78, 5) is 15.7. The van der Waals surface area contributed by atoms with Gasteiger partial charge < -0.3 is 20.4 Å². The Kier molecular flexibility index (Phi) is 8.28. The standard InChI is InChI=1S/C32H34F2N4O2/c1-21-10-12-38(18-21)28-14-23(19-37-11-4-6-26(35)20-37)13-27(17-28)36-32(39)25-9-8-22(2)30(16-25)40-29-7-3-5-24(15-29)31(33)34/h3,5,7-10,12-18,26,31H,4,6,11,19-20,35H2,1-2H3,(H,36,39)/t26-/m0/s1. The second-order valence-electron chi connectivity index (χ2n) is 10.5. The van der Waals surface area contributed by atoms with Crippen molar-refractivity contribution in [1.29, 1.82) is 0 Å². The molecule has 3 aromatic carbocycles. The number of halogens is 2. The predicted molar refractivity (Wildman–Crippen MR) is 154 cm³/mol. The number of piperidine rings is 1. The first-order valence-corrected chi connectivity index (χ1v) is 13.5. The zero-order valence-corrected chi connectivity index (χ0v) is 22.7. The number of amides is 1. The molecule has 40 heavy (non-hydrogen) atoms. The van der Waals surface area contributed by atoms with Crippen LogP contribution in [0.4, 0.5) is 14.5 Å². The normalized spacial score (nSPS) is 15.8. The van der Waals surface area contributed by atoms with Crippen molar-refractivity contribution in [3.63, 3.8) is 0 Å². The van der Waals surface area contributed by atoms with E-state index in [0.717, 1.165) is 54.9 Å². The van der Waals surface area contributed by atoms with Gasteiger partial charge >= 0.3 is 0 Å². The number of nitrogens with two attached hydrogens (primary N) is 1. The maximum atomic E-state index is 13.4. The van der Waals surface area contributed by atoms with Crippen LogP contribution in [0, 0.1) is 13.8 Å². The second kappa shape index (κ2) is 12.0. The summed E-state index contributed by atoms with van der Waals surface area (Å²) in [6, 6.07) is 19.2. The lowest BCUT2D eigenvalue weighted by atomic mass is 10.0. The van der Waals surface area contributed by atoms with Gasteiger partial charge in [0.1, 0.15) is 11.5 Å². The van der Waals surface area contributed by atoms with Crippen LogP contribution in [0.1, 0.15) is 51.9 Å². The third-order valence-electron chi connectivity index (χ3n) is 7.11. The van der Waals surface area contributed by atoms with E-state index in [9.17, 15) is 13.6 Å². The summed E-state index contributed by atoms with van der Waals surface area (Å²) < 4.78 is 34.2. The summed E-state index contributed by atoms with van der Waals surface area (Å²) in [5.41, 5.74) is 11.1. The zero-order chi connectivity index (χ0) is 28.2. The van der Waals surface area contributed by atoms with Crippen LogP contribution in [-0.2, 0) is 6.54 Å². The summed E-state index contributed by atoms with van der Waals surface area (Å²) in [5.74, 6) is 0.422. The zero-order valence-electron chi connectivity index (χ0n) is 22.7. The fourth-order valence-electron chi connectivity index (χ4n) is 5.04. The van der Waals surface area contributed by atoms with Crippen LogP contribution in [0.3, 0.4) is 0 Å². The van der Waals surface area contributed by atoms with Crippen molar-refractivity contribution in [1.82, 2.24) is 9.47 Å². The molecular weight excluding hydrogens is 510 g/mol. The molecule has 5 rings (SSSR count). The average molecular weight is 545 g/mol. The third kappa shape index (κ3) is 6.76. The molecule has 1 amide bonds. The summed E-state index contributed by atoms with van der Waals surface area (Å²) in [7, 11) is 0. The first kappa shape index (κ1) is 27.6. The van der Waals surface area contributed by atoms with Gasteiger partial charge in [-0.2, -0.15) is 0 Å². The molecule has 208 valence electrons. The molecule has 3 N–H and O–H groups in total. The van der Waals surface area contributed by atoms with Gasteiger partial charge in [-0.25, -0.2) is 8.78 Å². The maximum absolute atomic E-state index is 13.4. The highest BCUT2D eigenvalue weighted by Crippen LogP contribution is 2.30. The number of carbonyl (C=O) groups is 1. The van der Waals surface area contributed by atoms with Gasteiger partial charge in [-0.3, -0.25) is 9.69 Å². The fourth-order valence-corrected chi connectivity index (χ4v) is 5.04. The molecule has 0 spiro atoms. The second-order valence-corrected chi connectivity index (χ2v) is 10.5. The number of nitrogens with zero attached hydrogens (tertiary/aromatic N) is 2. The van der Waals surface area contributed by atoms with E-state index in [1.54, 1.807) is 24.3 Å². The maximum Gasteiger partial charge on any atom is 0.263 e. The average Bonchev–Trinajstić information content (AvgIpc) is 3.36. The van der Waals surface area contributed by atoms with Crippen molar-refractivity contribution < 1.29 is 18.3 Å². The monoisotopic (exact) mass is 544 g/mol. The molecule has 2 heterocycles. The molecule has 0 bridgehead atoms. The summed E-state index contributed by atoms with van der Waals surface area (Å²) in [6.07, 6.45) is 3.58. The van der Waals surface area contributed by atoms with E-state index in [1.165, 1.54) is 18.2 Å². The molecule has 1 aliphatic heterocycles. The topological polar surface area (TPSA) is 72.5 Å². The first-order valence-electron chi connectivity index (χ1n) is 13.5. The van der Waals surface area contributed by atoms with Crippen LogP contribution in [0.5, 0.6) is 11.5 Å². The van der Waals surface area contributed by atoms with E-state index in [4.69, 9.17) is 10.5 Å². The molecule has 0 saturated carbocycles. The quantitative estimate of drug-likeness (QED) is 0.251. The lowest BCUT2D eigenvalue weighted by molar-refractivity contribution is 0.102. The van der Waals surface area contributed by atoms with Crippen molar-refractivity contribution in [3.05, 3.63) is 107 Å². The Morgan fingerprint density at radius 3 is 2.70 bits per heavy atom. The van der Waals surface area contributed by atoms with Gasteiger partial charge in [0.05, 0.1) is 0 Å². The van der Waals surface area contributed by atoms with Crippen LogP contribution in [0.2, 0.25) is 0 Å². The van der Waals surface area contributed by atoms with E-state index in [-0.39, 0.29) is 23.3 Å². The van der Waals surface area contributed by atoms with Crippen LogP contribution in [-0.4, -0.2) is 34.5 Å². The minimum atomic E-state index is -2.59. The Balaban J connectivity index is 1.39. The highest BCUT2D eigenvalue weighted by molar-refractivity contribution is 6.04. The Hall–Kier alpha value is -4.01. The Morgan fingerprint density at radius 1 is 1.10 bits per heavy atom. The largest absolute Gasteiger partial charge is 0.457 e. The number of hydrogen-bond donors (Lipinski definition) is 2. The summed E-state index contributed by atoms with van der Waals surface area (Å²) in [5, 5.41) is 3.05.